The fourth-order valence-corrected chi connectivity index (χ4v) is 4.01. The van der Waals surface area contributed by atoms with Crippen LogP contribution >= 0.6 is 0 Å². The van der Waals surface area contributed by atoms with Crippen molar-refractivity contribution in [2.75, 3.05) is 35.5 Å². The van der Waals surface area contributed by atoms with Gasteiger partial charge in [0, 0.05) is 23.3 Å². The van der Waals surface area contributed by atoms with Gasteiger partial charge in [-0.25, -0.2) is 4.79 Å². The molecule has 1 heterocycles. The van der Waals surface area contributed by atoms with Crippen LogP contribution in [-0.4, -0.2) is 51.7 Å². The van der Waals surface area contributed by atoms with Crippen molar-refractivity contribution in [2.24, 2.45) is 0 Å². The largest absolute Gasteiger partial charge is 1.00 e. The lowest BCUT2D eigenvalue weighted by atomic mass is 9.81. The molecule has 3 rings (SSSR count). The monoisotopic (exact) mass is 537 g/mol. The highest BCUT2D eigenvalue weighted by Gasteiger charge is 2.43. The van der Waals surface area contributed by atoms with Crippen molar-refractivity contribution < 1.29 is 52.3 Å². The van der Waals surface area contributed by atoms with E-state index >= 15 is 0 Å². The average Bonchev–Trinajstić information content (AvgIpc) is 2.95. The van der Waals surface area contributed by atoms with Crippen molar-refractivity contribution in [1.29, 1.82) is 0 Å². The van der Waals surface area contributed by atoms with Crippen LogP contribution in [0, 0.1) is 0 Å². The molecule has 31 heavy (non-hydrogen) atoms. The molecule has 2 aromatic rings. The Hall–Kier alpha value is -2.55. The number of rotatable bonds is 6. The van der Waals surface area contributed by atoms with Crippen molar-refractivity contribution in [3.05, 3.63) is 53.1 Å². The number of esters is 1. The molecule has 6 nitrogen and oxygen atoms in total. The van der Waals surface area contributed by atoms with E-state index in [9.17, 15) is 4.79 Å². The van der Waals surface area contributed by atoms with Gasteiger partial charge in [-0.05, 0) is 38.1 Å². The molecule has 0 radical (unpaired) electrons. The summed E-state index contributed by atoms with van der Waals surface area (Å²) >= 11 is 0. The molecular formula is C24H28INO5. The van der Waals surface area contributed by atoms with E-state index in [1.807, 2.05) is 43.5 Å². The van der Waals surface area contributed by atoms with Crippen LogP contribution in [0.5, 0.6) is 17.2 Å². The molecule has 0 amide bonds. The fraction of sp³-hybridized carbons (Fsp3) is 0.333. The number of allylic oxidation sites excluding steroid dienone is 1. The number of methoxy groups -OCH3 is 4. The van der Waals surface area contributed by atoms with Gasteiger partial charge in [-0.3, -0.25) is 0 Å². The van der Waals surface area contributed by atoms with Crippen LogP contribution in [-0.2, 0) is 10.2 Å². The fourth-order valence-electron chi connectivity index (χ4n) is 4.01. The van der Waals surface area contributed by atoms with E-state index in [-0.39, 0.29) is 35.4 Å². The Morgan fingerprint density at radius 1 is 0.935 bits per heavy atom. The minimum absolute atomic E-state index is 0. The van der Waals surface area contributed by atoms with Crippen LogP contribution in [0.4, 0.5) is 5.69 Å². The standard InChI is InChI=1S/C24H28NO5.HI/c1-24(2)17-11-8-16(23(26)30-7)14-18(17)25(3)20(24)13-10-15-9-12-19(27-4)22(29-6)21(15)28-5;/h8-14H,1-7H3;1H/q+1;/p-1. The van der Waals surface area contributed by atoms with Gasteiger partial charge >= 0.3 is 5.97 Å². The third-order valence-corrected chi connectivity index (χ3v) is 5.61. The van der Waals surface area contributed by atoms with E-state index in [0.29, 0.717) is 22.8 Å². The van der Waals surface area contributed by atoms with E-state index in [1.165, 1.54) is 7.11 Å². The van der Waals surface area contributed by atoms with E-state index in [1.54, 1.807) is 21.3 Å². The Balaban J connectivity index is 0.00000341. The van der Waals surface area contributed by atoms with Crippen LogP contribution in [0.2, 0.25) is 0 Å². The van der Waals surface area contributed by atoms with Crippen molar-refractivity contribution in [3.8, 4) is 17.2 Å². The first-order valence-electron chi connectivity index (χ1n) is 9.61. The third kappa shape index (κ3) is 4.28. The summed E-state index contributed by atoms with van der Waals surface area (Å²) < 4.78 is 23.4. The Morgan fingerprint density at radius 3 is 2.19 bits per heavy atom. The molecule has 1 aliphatic rings. The summed E-state index contributed by atoms with van der Waals surface area (Å²) in [6, 6.07) is 9.47. The Kier molecular flexibility index (Phi) is 7.75. The molecular weight excluding hydrogens is 509 g/mol. The van der Waals surface area contributed by atoms with Gasteiger partial charge in [-0.1, -0.05) is 6.07 Å². The first-order chi connectivity index (χ1) is 14.3. The SMILES string of the molecule is COC(=O)c1ccc2c(c1)[N+](C)=C(C=Cc1ccc(OC)c(OC)c1OC)C2(C)C.[I-]. The molecule has 0 atom stereocenters. The molecule has 0 N–H and O–H groups in total. The maximum Gasteiger partial charge on any atom is 0.338 e. The predicted octanol–water partition coefficient (Wildman–Crippen LogP) is 1.22. The molecule has 2 aromatic carbocycles. The normalized spacial score (nSPS) is 14.2. The molecule has 0 aliphatic carbocycles. The van der Waals surface area contributed by atoms with E-state index in [0.717, 1.165) is 22.5 Å². The molecule has 7 heteroatoms. The first kappa shape index (κ1) is 24.7. The highest BCUT2D eigenvalue weighted by molar-refractivity contribution is 6.06. The molecule has 0 bridgehead atoms. The number of ether oxygens (including phenoxy) is 4. The summed E-state index contributed by atoms with van der Waals surface area (Å²) in [5, 5.41) is 0. The van der Waals surface area contributed by atoms with Crippen LogP contribution in [0.15, 0.2) is 36.4 Å². The number of hydrogen-bond donors (Lipinski definition) is 0. The van der Waals surface area contributed by atoms with Crippen LogP contribution in [0.1, 0.15) is 35.3 Å². The zero-order valence-corrected chi connectivity index (χ0v) is 21.1. The molecule has 0 spiro atoms. The zero-order chi connectivity index (χ0) is 22.1. The Morgan fingerprint density at radius 2 is 1.61 bits per heavy atom. The van der Waals surface area contributed by atoms with Gasteiger partial charge in [0.1, 0.15) is 7.05 Å². The quantitative estimate of drug-likeness (QED) is 0.315. The highest BCUT2D eigenvalue weighted by Crippen LogP contribution is 2.42. The first-order valence-corrected chi connectivity index (χ1v) is 9.61. The van der Waals surface area contributed by atoms with Crippen LogP contribution < -0.4 is 38.2 Å². The van der Waals surface area contributed by atoms with Gasteiger partial charge in [-0.15, -0.1) is 0 Å². The zero-order valence-electron chi connectivity index (χ0n) is 18.9. The van der Waals surface area contributed by atoms with Crippen molar-refractivity contribution in [2.45, 2.75) is 19.3 Å². The number of hydrogen-bond acceptors (Lipinski definition) is 5. The Labute approximate surface area is 200 Å². The van der Waals surface area contributed by atoms with Crippen molar-refractivity contribution in [1.82, 2.24) is 0 Å². The number of carbonyl (C=O) groups excluding carboxylic acids is 1. The van der Waals surface area contributed by atoms with Gasteiger partial charge in [0.15, 0.2) is 17.2 Å². The van der Waals surface area contributed by atoms with E-state index < -0.39 is 0 Å². The summed E-state index contributed by atoms with van der Waals surface area (Å²) in [4.78, 5) is 12.0. The van der Waals surface area contributed by atoms with Crippen LogP contribution in [0.3, 0.4) is 0 Å². The third-order valence-electron chi connectivity index (χ3n) is 5.61. The van der Waals surface area contributed by atoms with Crippen molar-refractivity contribution in [3.63, 3.8) is 0 Å². The van der Waals surface area contributed by atoms with E-state index in [4.69, 9.17) is 18.9 Å². The average molecular weight is 537 g/mol. The highest BCUT2D eigenvalue weighted by atomic mass is 127. The molecule has 166 valence electrons. The second-order valence-corrected chi connectivity index (χ2v) is 7.55. The van der Waals surface area contributed by atoms with Crippen molar-refractivity contribution >= 4 is 23.4 Å². The van der Waals surface area contributed by atoms with Crippen LogP contribution in [0.25, 0.3) is 6.08 Å². The Bertz CT molecular complexity index is 1060. The molecule has 0 fully saturated rings. The number of halogens is 1. The number of fused-ring (bicyclic) bond motifs is 1. The van der Waals surface area contributed by atoms with Gasteiger partial charge in [0.05, 0.1) is 39.4 Å². The summed E-state index contributed by atoms with van der Waals surface area (Å²) in [6.07, 6.45) is 4.07. The van der Waals surface area contributed by atoms with Gasteiger partial charge in [0.25, 0.3) is 0 Å². The lowest BCUT2D eigenvalue weighted by Gasteiger charge is -2.16. The number of carbonyl (C=O) groups is 1. The van der Waals surface area contributed by atoms with E-state index in [2.05, 4.69) is 24.5 Å². The second kappa shape index (κ2) is 9.72. The molecule has 0 aromatic heterocycles. The van der Waals surface area contributed by atoms with Gasteiger partial charge < -0.3 is 42.9 Å². The smallest absolute Gasteiger partial charge is 0.338 e. The summed E-state index contributed by atoms with van der Waals surface area (Å²) in [6.45, 7) is 4.33. The summed E-state index contributed by atoms with van der Waals surface area (Å²) in [5.41, 5.74) is 4.40. The number of benzene rings is 2. The maximum absolute atomic E-state index is 12.0. The summed E-state index contributed by atoms with van der Waals surface area (Å²) in [5.74, 6) is 1.43. The lowest BCUT2D eigenvalue weighted by molar-refractivity contribution is -0.401. The maximum atomic E-state index is 12.0. The second-order valence-electron chi connectivity index (χ2n) is 7.55. The molecule has 1 aliphatic heterocycles. The molecule has 0 saturated heterocycles. The minimum Gasteiger partial charge on any atom is -1.00 e. The minimum atomic E-state index is -0.344. The lowest BCUT2D eigenvalue weighted by Crippen LogP contribution is -3.00. The molecule has 0 saturated carbocycles. The predicted molar refractivity (Wildman–Crippen MR) is 117 cm³/mol. The number of nitrogens with zero attached hydrogens (tertiary/aromatic N) is 1. The molecule has 0 unspecified atom stereocenters. The summed E-state index contributed by atoms with van der Waals surface area (Å²) in [7, 11) is 8.18. The van der Waals surface area contributed by atoms with Gasteiger partial charge in [0.2, 0.25) is 11.4 Å². The van der Waals surface area contributed by atoms with Gasteiger partial charge in [-0.2, -0.15) is 4.58 Å². The topological polar surface area (TPSA) is 57.0 Å².